The summed E-state index contributed by atoms with van der Waals surface area (Å²) < 4.78 is 41.9. The summed E-state index contributed by atoms with van der Waals surface area (Å²) in [6.07, 6.45) is -4.55. The highest BCUT2D eigenvalue weighted by molar-refractivity contribution is 5.81. The summed E-state index contributed by atoms with van der Waals surface area (Å²) in [6, 6.07) is 4.98. The summed E-state index contributed by atoms with van der Waals surface area (Å²) in [7, 11) is 0. The van der Waals surface area contributed by atoms with E-state index >= 15 is 0 Å². The number of rotatable bonds is 5. The highest BCUT2D eigenvalue weighted by atomic mass is 19.4. The van der Waals surface area contributed by atoms with Crippen LogP contribution >= 0.6 is 0 Å². The van der Waals surface area contributed by atoms with Crippen molar-refractivity contribution in [3.63, 3.8) is 0 Å². The molecule has 8 heteroatoms. The zero-order valence-corrected chi connectivity index (χ0v) is 15.2. The van der Waals surface area contributed by atoms with Crippen LogP contribution in [0.5, 0.6) is 0 Å². The van der Waals surface area contributed by atoms with Gasteiger partial charge in [0.05, 0.1) is 23.0 Å². The molecular weight excluding hydrogens is 345 g/mol. The van der Waals surface area contributed by atoms with Gasteiger partial charge in [0.15, 0.2) is 0 Å². The number of alkyl halides is 3. The number of hydrogen-bond acceptors (Lipinski definition) is 3. The molecular formula is C18H23F3N4O. The van der Waals surface area contributed by atoms with Gasteiger partial charge < -0.3 is 11.1 Å². The molecule has 0 bridgehead atoms. The van der Waals surface area contributed by atoms with Crippen molar-refractivity contribution in [3.05, 3.63) is 46.8 Å². The number of nitrogens with two attached hydrogens (primary N) is 1. The van der Waals surface area contributed by atoms with E-state index in [1.165, 1.54) is 10.7 Å². The molecule has 2 rings (SSSR count). The van der Waals surface area contributed by atoms with Crippen LogP contribution in [0.1, 0.15) is 36.4 Å². The number of nitrogens with zero attached hydrogens (tertiary/aromatic N) is 2. The average Bonchev–Trinajstić information content (AvgIpc) is 2.89. The standard InChI is InChI=1S/C18H23F3N4O/c1-10(2)16(22)17(26)23-9-13-5-6-14(8-15(13)18(19,20)21)25-12(4)7-11(3)24-25/h5-8,10,16H,9,22H2,1-4H3,(H,23,26)/t16-/m0/s1. The minimum Gasteiger partial charge on any atom is -0.351 e. The molecule has 0 aliphatic heterocycles. The normalized spacial score (nSPS) is 13.1. The van der Waals surface area contributed by atoms with Gasteiger partial charge in [-0.15, -0.1) is 0 Å². The molecule has 2 aromatic rings. The first-order valence-corrected chi connectivity index (χ1v) is 8.27. The highest BCUT2D eigenvalue weighted by Crippen LogP contribution is 2.33. The van der Waals surface area contributed by atoms with Gasteiger partial charge in [-0.1, -0.05) is 19.9 Å². The van der Waals surface area contributed by atoms with Crippen molar-refractivity contribution in [2.75, 3.05) is 0 Å². The van der Waals surface area contributed by atoms with Gasteiger partial charge in [-0.2, -0.15) is 18.3 Å². The largest absolute Gasteiger partial charge is 0.416 e. The third-order valence-electron chi connectivity index (χ3n) is 4.13. The van der Waals surface area contributed by atoms with Crippen molar-refractivity contribution < 1.29 is 18.0 Å². The lowest BCUT2D eigenvalue weighted by atomic mass is 10.0. The molecule has 3 N–H and O–H groups in total. The Hall–Kier alpha value is -2.35. The van der Waals surface area contributed by atoms with Crippen molar-refractivity contribution in [2.24, 2.45) is 11.7 Å². The Bertz CT molecular complexity index is 796. The molecule has 1 aromatic heterocycles. The van der Waals surface area contributed by atoms with Crippen molar-refractivity contribution in [1.29, 1.82) is 0 Å². The molecule has 1 amide bonds. The number of carbonyl (C=O) groups excluding carboxylic acids is 1. The lowest BCUT2D eigenvalue weighted by Gasteiger charge is -2.18. The van der Waals surface area contributed by atoms with Crippen LogP contribution < -0.4 is 11.1 Å². The molecule has 1 aromatic carbocycles. The van der Waals surface area contributed by atoms with Gasteiger partial charge in [0.1, 0.15) is 0 Å². The van der Waals surface area contributed by atoms with Crippen LogP contribution in [0.25, 0.3) is 5.69 Å². The summed E-state index contributed by atoms with van der Waals surface area (Å²) in [5, 5.41) is 6.69. The average molecular weight is 368 g/mol. The molecule has 0 saturated carbocycles. The van der Waals surface area contributed by atoms with Crippen LogP contribution in [-0.2, 0) is 17.5 Å². The fourth-order valence-electron chi connectivity index (χ4n) is 2.61. The topological polar surface area (TPSA) is 72.9 Å². The van der Waals surface area contributed by atoms with E-state index in [0.29, 0.717) is 5.69 Å². The number of amides is 1. The Morgan fingerprint density at radius 2 is 1.92 bits per heavy atom. The molecule has 142 valence electrons. The van der Waals surface area contributed by atoms with E-state index in [1.807, 2.05) is 0 Å². The molecule has 0 unspecified atom stereocenters. The van der Waals surface area contributed by atoms with Crippen molar-refractivity contribution >= 4 is 5.91 Å². The molecule has 0 saturated heterocycles. The lowest BCUT2D eigenvalue weighted by Crippen LogP contribution is -2.43. The summed E-state index contributed by atoms with van der Waals surface area (Å²) in [6.45, 7) is 6.85. The van der Waals surface area contributed by atoms with Crippen LogP contribution in [-0.4, -0.2) is 21.7 Å². The minimum atomic E-state index is -4.55. The number of nitrogens with one attached hydrogen (secondary N) is 1. The Labute approximate surface area is 150 Å². The highest BCUT2D eigenvalue weighted by Gasteiger charge is 2.34. The summed E-state index contributed by atoms with van der Waals surface area (Å²) in [4.78, 5) is 11.9. The number of aryl methyl sites for hydroxylation is 2. The fourth-order valence-corrected chi connectivity index (χ4v) is 2.61. The summed E-state index contributed by atoms with van der Waals surface area (Å²) in [5.41, 5.74) is 6.67. The van der Waals surface area contributed by atoms with Crippen molar-refractivity contribution in [1.82, 2.24) is 15.1 Å². The Balaban J connectivity index is 2.33. The van der Waals surface area contributed by atoms with E-state index < -0.39 is 23.7 Å². The van der Waals surface area contributed by atoms with Gasteiger partial charge >= 0.3 is 6.18 Å². The van der Waals surface area contributed by atoms with Crippen LogP contribution in [0, 0.1) is 19.8 Å². The van der Waals surface area contributed by atoms with Gasteiger partial charge in [0.25, 0.3) is 0 Å². The van der Waals surface area contributed by atoms with Crippen molar-refractivity contribution in [3.8, 4) is 5.69 Å². The maximum absolute atomic E-state index is 13.5. The van der Waals surface area contributed by atoms with Gasteiger partial charge in [0, 0.05) is 12.2 Å². The third kappa shape index (κ3) is 4.43. The minimum absolute atomic E-state index is 0.0212. The Kier molecular flexibility index (Phi) is 5.75. The molecule has 0 spiro atoms. The molecule has 1 heterocycles. The maximum Gasteiger partial charge on any atom is 0.416 e. The van der Waals surface area contributed by atoms with Gasteiger partial charge in [-0.05, 0) is 43.5 Å². The van der Waals surface area contributed by atoms with E-state index in [2.05, 4.69) is 10.4 Å². The van der Waals surface area contributed by atoms with Crippen LogP contribution in [0.3, 0.4) is 0 Å². The summed E-state index contributed by atoms with van der Waals surface area (Å²) in [5.74, 6) is -0.582. The first-order valence-electron chi connectivity index (χ1n) is 8.27. The zero-order chi connectivity index (χ0) is 19.6. The van der Waals surface area contributed by atoms with Crippen LogP contribution in [0.15, 0.2) is 24.3 Å². The Morgan fingerprint density at radius 1 is 1.27 bits per heavy atom. The van der Waals surface area contributed by atoms with E-state index in [4.69, 9.17) is 5.73 Å². The van der Waals surface area contributed by atoms with Gasteiger partial charge in [0.2, 0.25) is 5.91 Å². The smallest absolute Gasteiger partial charge is 0.351 e. The van der Waals surface area contributed by atoms with E-state index in [9.17, 15) is 18.0 Å². The van der Waals surface area contributed by atoms with Gasteiger partial charge in [-0.3, -0.25) is 4.79 Å². The molecule has 26 heavy (non-hydrogen) atoms. The molecule has 0 aliphatic carbocycles. The predicted octanol–water partition coefficient (Wildman–Crippen LogP) is 3.11. The second-order valence-corrected chi connectivity index (χ2v) is 6.67. The van der Waals surface area contributed by atoms with E-state index in [-0.39, 0.29) is 18.0 Å². The zero-order valence-electron chi connectivity index (χ0n) is 15.2. The van der Waals surface area contributed by atoms with E-state index in [0.717, 1.165) is 17.5 Å². The number of aromatic nitrogens is 2. The van der Waals surface area contributed by atoms with E-state index in [1.54, 1.807) is 39.8 Å². The maximum atomic E-state index is 13.5. The molecule has 1 atom stereocenters. The number of benzene rings is 1. The van der Waals surface area contributed by atoms with Crippen LogP contribution in [0.2, 0.25) is 0 Å². The monoisotopic (exact) mass is 368 g/mol. The van der Waals surface area contributed by atoms with Crippen molar-refractivity contribution in [2.45, 2.75) is 46.5 Å². The molecule has 0 aliphatic rings. The van der Waals surface area contributed by atoms with Gasteiger partial charge in [-0.25, -0.2) is 4.68 Å². The Morgan fingerprint density at radius 3 is 2.42 bits per heavy atom. The SMILES string of the molecule is Cc1cc(C)n(-c2ccc(CNC(=O)[C@@H](N)C(C)C)c(C(F)(F)F)c2)n1. The quantitative estimate of drug-likeness (QED) is 0.852. The second-order valence-electron chi connectivity index (χ2n) is 6.67. The molecule has 5 nitrogen and oxygen atoms in total. The third-order valence-corrected chi connectivity index (χ3v) is 4.13. The second kappa shape index (κ2) is 7.49. The number of halogens is 3. The fraction of sp³-hybridized carbons (Fsp3) is 0.444. The first-order chi connectivity index (χ1) is 12.0. The number of hydrogen-bond donors (Lipinski definition) is 2. The lowest BCUT2D eigenvalue weighted by molar-refractivity contribution is -0.138. The summed E-state index contributed by atoms with van der Waals surface area (Å²) >= 11 is 0. The number of carbonyl (C=O) groups is 1. The predicted molar refractivity (Wildman–Crippen MR) is 92.7 cm³/mol. The molecule has 0 fully saturated rings. The van der Waals surface area contributed by atoms with Crippen LogP contribution in [0.4, 0.5) is 13.2 Å². The first kappa shape index (κ1) is 20.0. The molecule has 0 radical (unpaired) electrons.